The van der Waals surface area contributed by atoms with E-state index in [1.165, 1.54) is 62.2 Å². The van der Waals surface area contributed by atoms with Gasteiger partial charge in [-0.15, -0.1) is 0 Å². The lowest BCUT2D eigenvalue weighted by atomic mass is 10.1. The first-order valence-electron chi connectivity index (χ1n) is 6.54. The molecule has 0 saturated heterocycles. The van der Waals surface area contributed by atoms with Crippen molar-refractivity contribution in [2.24, 2.45) is 0 Å². The van der Waals surface area contributed by atoms with Crippen molar-refractivity contribution in [1.29, 1.82) is 0 Å². The molecule has 16 heavy (non-hydrogen) atoms. The molecule has 2 atom stereocenters. The molecular formula is C13H25BrI2. The molecule has 98 valence electrons. The smallest absolute Gasteiger partial charge is 0.0146 e. The summed E-state index contributed by atoms with van der Waals surface area (Å²) in [5, 5.41) is 0. The Morgan fingerprint density at radius 1 is 0.938 bits per heavy atom. The average Bonchev–Trinajstić information content (AvgIpc) is 2.29. The summed E-state index contributed by atoms with van der Waals surface area (Å²) in [6, 6.07) is 0. The molecule has 0 spiro atoms. The van der Waals surface area contributed by atoms with Crippen LogP contribution < -0.4 is 0 Å². The molecule has 2 unspecified atom stereocenters. The Bertz CT molecular complexity index is 142. The second-order valence-corrected chi connectivity index (χ2v) is 8.59. The molecule has 0 aromatic heterocycles. The molecule has 0 aliphatic carbocycles. The molecule has 0 aliphatic heterocycles. The van der Waals surface area contributed by atoms with E-state index < -0.39 is 0 Å². The Morgan fingerprint density at radius 3 is 2.31 bits per heavy atom. The van der Waals surface area contributed by atoms with E-state index in [9.17, 15) is 0 Å². The van der Waals surface area contributed by atoms with Crippen LogP contribution in [0.2, 0.25) is 0 Å². The van der Waals surface area contributed by atoms with Gasteiger partial charge in [0.15, 0.2) is 0 Å². The highest BCUT2D eigenvalue weighted by Crippen LogP contribution is 2.22. The summed E-state index contributed by atoms with van der Waals surface area (Å²) in [6.45, 7) is 2.28. The Balaban J connectivity index is 3.31. The molecule has 0 bridgehead atoms. The van der Waals surface area contributed by atoms with Crippen molar-refractivity contribution >= 4 is 61.1 Å². The van der Waals surface area contributed by atoms with E-state index in [-0.39, 0.29) is 0 Å². The second kappa shape index (κ2) is 13.4. The molecule has 3 heteroatoms. The molecule has 0 amide bonds. The van der Waals surface area contributed by atoms with Gasteiger partial charge in [-0.3, -0.25) is 0 Å². The first-order chi connectivity index (χ1) is 7.70. The van der Waals surface area contributed by atoms with Crippen LogP contribution in [0.1, 0.15) is 64.7 Å². The highest BCUT2D eigenvalue weighted by Gasteiger charge is 2.08. The molecule has 0 heterocycles. The van der Waals surface area contributed by atoms with E-state index in [4.69, 9.17) is 0 Å². The number of unbranched alkanes of at least 4 members (excludes halogenated alkanes) is 3. The third kappa shape index (κ3) is 12.4. The van der Waals surface area contributed by atoms with E-state index in [1.807, 2.05) is 0 Å². The predicted molar refractivity (Wildman–Crippen MR) is 96.6 cm³/mol. The minimum absolute atomic E-state index is 0.765. The molecule has 0 aromatic carbocycles. The van der Waals surface area contributed by atoms with Crippen LogP contribution in [0.5, 0.6) is 0 Å². The molecule has 0 rings (SSSR count). The summed E-state index contributed by atoms with van der Waals surface area (Å²) in [5.74, 6) is 0. The maximum atomic E-state index is 3.82. The molecule has 0 nitrogen and oxygen atoms in total. The van der Waals surface area contributed by atoms with Crippen molar-refractivity contribution in [3.8, 4) is 0 Å². The van der Waals surface area contributed by atoms with Gasteiger partial charge >= 0.3 is 0 Å². The number of alkyl halides is 3. The van der Waals surface area contributed by atoms with E-state index in [0.29, 0.717) is 0 Å². The Hall–Kier alpha value is 1.94. The monoisotopic (exact) mass is 514 g/mol. The zero-order chi connectivity index (χ0) is 12.2. The molecule has 0 aromatic rings. The number of hydrogen-bond donors (Lipinski definition) is 0. The maximum Gasteiger partial charge on any atom is 0.0146 e. The first kappa shape index (κ1) is 17.9. The van der Waals surface area contributed by atoms with Crippen molar-refractivity contribution in [2.75, 3.05) is 4.43 Å². The summed E-state index contributed by atoms with van der Waals surface area (Å²) in [7, 11) is 0. The van der Waals surface area contributed by atoms with Gasteiger partial charge in [0.1, 0.15) is 0 Å². The topological polar surface area (TPSA) is 0 Å². The molecule has 0 N–H and O–H groups in total. The standard InChI is InChI=1S/C13H25BrI2/c1-2-3-4-5-7-12(14)9-10-13(16)8-6-11-15/h12-13H,2-11H2,1H3. The van der Waals surface area contributed by atoms with Gasteiger partial charge in [0.2, 0.25) is 0 Å². The lowest BCUT2D eigenvalue weighted by Crippen LogP contribution is -2.04. The van der Waals surface area contributed by atoms with Crippen LogP contribution in [-0.4, -0.2) is 13.2 Å². The molecular weight excluding hydrogens is 490 g/mol. The van der Waals surface area contributed by atoms with Crippen molar-refractivity contribution in [1.82, 2.24) is 0 Å². The van der Waals surface area contributed by atoms with Gasteiger partial charge in [-0.25, -0.2) is 0 Å². The van der Waals surface area contributed by atoms with Crippen molar-refractivity contribution in [3.05, 3.63) is 0 Å². The third-order valence-electron chi connectivity index (χ3n) is 2.82. The van der Waals surface area contributed by atoms with Gasteiger partial charge < -0.3 is 0 Å². The summed E-state index contributed by atoms with van der Waals surface area (Å²) in [5.41, 5.74) is 0. The average molecular weight is 515 g/mol. The second-order valence-electron chi connectivity index (χ2n) is 4.45. The Morgan fingerprint density at radius 2 is 1.69 bits per heavy atom. The van der Waals surface area contributed by atoms with Gasteiger partial charge in [0, 0.05) is 8.75 Å². The highest BCUT2D eigenvalue weighted by molar-refractivity contribution is 14.1. The maximum absolute atomic E-state index is 3.82. The summed E-state index contributed by atoms with van der Waals surface area (Å²) >= 11 is 8.92. The predicted octanol–water partition coefficient (Wildman–Crippen LogP) is 6.52. The fourth-order valence-corrected chi connectivity index (χ4v) is 3.57. The Kier molecular flexibility index (Phi) is 15.0. The molecule has 0 aliphatic rings. The third-order valence-corrected chi connectivity index (χ3v) is 5.74. The van der Waals surface area contributed by atoms with Crippen molar-refractivity contribution in [3.63, 3.8) is 0 Å². The first-order valence-corrected chi connectivity index (χ1v) is 10.2. The van der Waals surface area contributed by atoms with Crippen LogP contribution in [0.4, 0.5) is 0 Å². The van der Waals surface area contributed by atoms with Crippen LogP contribution in [0.25, 0.3) is 0 Å². The van der Waals surface area contributed by atoms with Crippen molar-refractivity contribution < 1.29 is 0 Å². The van der Waals surface area contributed by atoms with Crippen LogP contribution in [0.3, 0.4) is 0 Å². The number of hydrogen-bond acceptors (Lipinski definition) is 0. The van der Waals surface area contributed by atoms with Crippen molar-refractivity contribution in [2.45, 2.75) is 73.5 Å². The molecule has 0 saturated carbocycles. The van der Waals surface area contributed by atoms with Gasteiger partial charge in [-0.05, 0) is 36.5 Å². The normalized spacial score (nSPS) is 15.0. The van der Waals surface area contributed by atoms with E-state index in [2.05, 4.69) is 68.0 Å². The zero-order valence-electron chi connectivity index (χ0n) is 10.4. The fraction of sp³-hybridized carbons (Fsp3) is 1.00. The van der Waals surface area contributed by atoms with Gasteiger partial charge in [0.25, 0.3) is 0 Å². The molecule has 0 fully saturated rings. The van der Waals surface area contributed by atoms with Crippen LogP contribution >= 0.6 is 61.1 Å². The van der Waals surface area contributed by atoms with Gasteiger partial charge in [0.05, 0.1) is 0 Å². The minimum atomic E-state index is 0.765. The summed E-state index contributed by atoms with van der Waals surface area (Å²) in [4.78, 5) is 0.765. The van der Waals surface area contributed by atoms with Crippen LogP contribution in [0.15, 0.2) is 0 Å². The van der Waals surface area contributed by atoms with Gasteiger partial charge in [-0.2, -0.15) is 0 Å². The SMILES string of the molecule is CCCCCCC(Br)CCC(I)CCCI. The highest BCUT2D eigenvalue weighted by atomic mass is 127. The quantitative estimate of drug-likeness (QED) is 0.167. The Labute approximate surface area is 138 Å². The number of halogens is 3. The summed E-state index contributed by atoms with van der Waals surface area (Å²) in [6.07, 6.45) is 12.5. The van der Waals surface area contributed by atoms with E-state index >= 15 is 0 Å². The fourth-order valence-electron chi connectivity index (χ4n) is 1.74. The number of rotatable bonds is 11. The van der Waals surface area contributed by atoms with E-state index in [0.717, 1.165) is 8.75 Å². The zero-order valence-corrected chi connectivity index (χ0v) is 16.3. The summed E-state index contributed by atoms with van der Waals surface area (Å²) < 4.78 is 2.20. The lowest BCUT2D eigenvalue weighted by Gasteiger charge is -2.13. The van der Waals surface area contributed by atoms with Crippen LogP contribution in [0, 0.1) is 0 Å². The van der Waals surface area contributed by atoms with Gasteiger partial charge in [-0.1, -0.05) is 93.7 Å². The lowest BCUT2D eigenvalue weighted by molar-refractivity contribution is 0.581. The van der Waals surface area contributed by atoms with E-state index in [1.54, 1.807) is 0 Å². The minimum Gasteiger partial charge on any atom is -0.0891 e. The van der Waals surface area contributed by atoms with Crippen LogP contribution in [-0.2, 0) is 0 Å². The largest absolute Gasteiger partial charge is 0.0891 e. The molecule has 0 radical (unpaired) electrons.